The van der Waals surface area contributed by atoms with Crippen molar-refractivity contribution in [2.24, 2.45) is 17.8 Å². The van der Waals surface area contributed by atoms with Crippen molar-refractivity contribution < 1.29 is 57.7 Å². The van der Waals surface area contributed by atoms with Crippen molar-refractivity contribution in [2.75, 3.05) is 0 Å². The van der Waals surface area contributed by atoms with Crippen LogP contribution in [0.2, 0.25) is 4.22 Å². The molecule has 0 bridgehead atoms. The molecule has 0 amide bonds. The Morgan fingerprint density at radius 2 is 1.37 bits per heavy atom. The Balaban J connectivity index is 0.00000150. The summed E-state index contributed by atoms with van der Waals surface area (Å²) in [5, 5.41) is 0. The van der Waals surface area contributed by atoms with Gasteiger partial charge in [-0.2, -0.15) is 0 Å². The van der Waals surface area contributed by atoms with E-state index < -0.39 is 0 Å². The zero-order chi connectivity index (χ0) is 18.7. The molecule has 2 aliphatic carbocycles. The summed E-state index contributed by atoms with van der Waals surface area (Å²) in [6, 6.07) is 22.7. The number of allylic oxidation sites excluding steroid dienone is 4. The summed E-state index contributed by atoms with van der Waals surface area (Å²) in [5.74, 6) is 1.98. The Hall–Kier alpha value is -0.496. The predicted octanol–water partition coefficient (Wildman–Crippen LogP) is -2.11. The van der Waals surface area contributed by atoms with Gasteiger partial charge in [0.1, 0.15) is 0 Å². The summed E-state index contributed by atoms with van der Waals surface area (Å²) in [5.41, 5.74) is 3.10. The Morgan fingerprint density at radius 3 is 1.90 bits per heavy atom. The molecule has 0 radical (unpaired) electrons. The minimum atomic E-state index is 0. The zero-order valence-electron chi connectivity index (χ0n) is 17.4. The van der Waals surface area contributed by atoms with E-state index in [1.165, 1.54) is 36.8 Å². The van der Waals surface area contributed by atoms with Gasteiger partial charge in [-0.05, 0) is 0 Å². The molecule has 0 saturated heterocycles. The van der Waals surface area contributed by atoms with Gasteiger partial charge in [-0.3, -0.25) is 0 Å². The molecule has 1 fully saturated rings. The summed E-state index contributed by atoms with van der Waals surface area (Å²) in [6.45, 7) is 2.32. The van der Waals surface area contributed by atoms with Crippen LogP contribution in [0, 0.1) is 17.8 Å². The number of hydrogen-bond donors (Lipinski definition) is 0. The zero-order valence-corrected chi connectivity index (χ0v) is 21.2. The standard InChI is InChI=1S/C26H29.3ClH.Ti/c1-2-3-20-26(22-13-6-4-7-14-22,23-15-8-5-9-16-23)25-19-18-21-12-10-11-17-24(21)25;;;;/h4-17,19,21,24-25H,2-3,18,20H2,1H3;3*1H;/q;;;;+3/p-3. The SMILES string of the molecule is CCCCC(c1ccccc1)(c1ccccc1)C1[CH]([Ti+3])CC2C=CC=CC21.[Cl-].[Cl-].[Cl-]. The van der Waals surface area contributed by atoms with Gasteiger partial charge in [-0.1, -0.05) is 0 Å². The minimum absolute atomic E-state index is 0. The molecule has 30 heavy (non-hydrogen) atoms. The predicted molar refractivity (Wildman–Crippen MR) is 110 cm³/mol. The van der Waals surface area contributed by atoms with Gasteiger partial charge in [0.15, 0.2) is 0 Å². The second-order valence-corrected chi connectivity index (χ2v) is 9.34. The van der Waals surface area contributed by atoms with Gasteiger partial charge in [0.05, 0.1) is 0 Å². The van der Waals surface area contributed by atoms with Crippen molar-refractivity contribution in [1.29, 1.82) is 0 Å². The summed E-state index contributed by atoms with van der Waals surface area (Å²) >= 11 is 2.50. The van der Waals surface area contributed by atoms with Crippen LogP contribution in [0.3, 0.4) is 0 Å². The van der Waals surface area contributed by atoms with Gasteiger partial charge in [0, 0.05) is 0 Å². The number of benzene rings is 2. The number of halogens is 3. The number of hydrogen-bond acceptors (Lipinski definition) is 0. The quantitative estimate of drug-likeness (QED) is 0.403. The first-order valence-corrected chi connectivity index (χ1v) is 11.3. The van der Waals surface area contributed by atoms with Crippen molar-refractivity contribution in [3.8, 4) is 0 Å². The van der Waals surface area contributed by atoms with E-state index in [2.05, 4.69) is 112 Å². The molecule has 0 aromatic heterocycles. The van der Waals surface area contributed by atoms with Gasteiger partial charge in [0.25, 0.3) is 0 Å². The number of rotatable bonds is 6. The minimum Gasteiger partial charge on any atom is -1.00 e. The maximum Gasteiger partial charge on any atom is -1.00 e. The fourth-order valence-electron chi connectivity index (χ4n) is 5.61. The van der Waals surface area contributed by atoms with Crippen LogP contribution in [0.4, 0.5) is 0 Å². The average molecular weight is 496 g/mol. The molecular weight excluding hydrogens is 467 g/mol. The van der Waals surface area contributed by atoms with E-state index >= 15 is 0 Å². The Bertz CT molecular complexity index is 764. The molecule has 158 valence electrons. The largest absolute Gasteiger partial charge is 1.00 e. The van der Waals surface area contributed by atoms with Crippen LogP contribution in [-0.2, 0) is 25.9 Å². The van der Waals surface area contributed by atoms with E-state index in [9.17, 15) is 0 Å². The molecule has 4 atom stereocenters. The van der Waals surface area contributed by atoms with E-state index in [1.54, 1.807) is 0 Å². The number of fused-ring (bicyclic) bond motifs is 1. The third-order valence-electron chi connectivity index (χ3n) is 6.74. The van der Waals surface area contributed by atoms with Crippen LogP contribution >= 0.6 is 0 Å². The van der Waals surface area contributed by atoms with Crippen LogP contribution in [0.5, 0.6) is 0 Å². The molecule has 4 rings (SSSR count). The monoisotopic (exact) mass is 494 g/mol. The average Bonchev–Trinajstić information content (AvgIpc) is 3.07. The van der Waals surface area contributed by atoms with E-state index in [0.717, 1.165) is 0 Å². The van der Waals surface area contributed by atoms with E-state index in [0.29, 0.717) is 22.0 Å². The fourth-order valence-corrected chi connectivity index (χ4v) is 6.82. The van der Waals surface area contributed by atoms with Crippen molar-refractivity contribution in [2.45, 2.75) is 42.2 Å². The second kappa shape index (κ2) is 12.5. The normalized spacial score (nSPS) is 24.2. The van der Waals surface area contributed by atoms with Crippen LogP contribution in [0.15, 0.2) is 85.0 Å². The molecule has 2 aromatic rings. The van der Waals surface area contributed by atoms with Crippen molar-refractivity contribution in [3.05, 3.63) is 96.1 Å². The van der Waals surface area contributed by atoms with Crippen LogP contribution in [0.1, 0.15) is 43.7 Å². The molecule has 4 unspecified atom stereocenters. The topological polar surface area (TPSA) is 0 Å². The summed E-state index contributed by atoms with van der Waals surface area (Å²) in [6.07, 6.45) is 14.6. The van der Waals surface area contributed by atoms with Gasteiger partial charge in [-0.25, -0.2) is 0 Å². The third-order valence-corrected chi connectivity index (χ3v) is 7.67. The van der Waals surface area contributed by atoms with Gasteiger partial charge < -0.3 is 37.2 Å². The first kappa shape index (κ1) is 27.5. The van der Waals surface area contributed by atoms with Crippen molar-refractivity contribution in [3.63, 3.8) is 0 Å². The maximum atomic E-state index is 2.51. The molecule has 2 aromatic carbocycles. The first-order chi connectivity index (χ1) is 13.3. The molecule has 0 spiro atoms. The summed E-state index contributed by atoms with van der Waals surface area (Å²) in [7, 11) is 0. The molecule has 0 N–H and O–H groups in total. The number of unbranched alkanes of at least 4 members (excludes halogenated alkanes) is 1. The third kappa shape index (κ3) is 5.11. The van der Waals surface area contributed by atoms with Gasteiger partial charge in [0.2, 0.25) is 0 Å². The van der Waals surface area contributed by atoms with Gasteiger partial charge in [-0.15, -0.1) is 0 Å². The molecular formula is C26H29Cl3Ti. The Morgan fingerprint density at radius 1 is 0.833 bits per heavy atom. The van der Waals surface area contributed by atoms with E-state index in [-0.39, 0.29) is 42.6 Å². The smallest absolute Gasteiger partial charge is 1.00 e. The van der Waals surface area contributed by atoms with Crippen molar-refractivity contribution >= 4 is 0 Å². The first-order valence-electron chi connectivity index (χ1n) is 10.4. The molecule has 2 aliphatic rings. The fraction of sp³-hybridized carbons (Fsp3) is 0.385. The van der Waals surface area contributed by atoms with Crippen LogP contribution in [0.25, 0.3) is 0 Å². The molecule has 1 saturated carbocycles. The summed E-state index contributed by atoms with van der Waals surface area (Å²) < 4.78 is 0.713. The molecule has 0 nitrogen and oxygen atoms in total. The molecule has 0 heterocycles. The van der Waals surface area contributed by atoms with Crippen molar-refractivity contribution in [1.82, 2.24) is 0 Å². The summed E-state index contributed by atoms with van der Waals surface area (Å²) in [4.78, 5) is 0. The van der Waals surface area contributed by atoms with Crippen LogP contribution in [-0.4, -0.2) is 0 Å². The molecule has 4 heteroatoms. The second-order valence-electron chi connectivity index (χ2n) is 8.19. The van der Waals surface area contributed by atoms with E-state index in [1.807, 2.05) is 0 Å². The van der Waals surface area contributed by atoms with Crippen LogP contribution < -0.4 is 37.2 Å². The Labute approximate surface area is 212 Å². The van der Waals surface area contributed by atoms with Gasteiger partial charge >= 0.3 is 177 Å². The molecule has 0 aliphatic heterocycles. The van der Waals surface area contributed by atoms with E-state index in [4.69, 9.17) is 0 Å². The Kier molecular flexibility index (Phi) is 11.5. The maximum absolute atomic E-state index is 2.51.